The Labute approximate surface area is 253 Å². The van der Waals surface area contributed by atoms with Gasteiger partial charge in [-0.25, -0.2) is 0 Å². The number of aliphatic hydroxyl groups is 1. The Bertz CT molecular complexity index is 1210. The smallest absolute Gasteiger partial charge is 0.192 e. The van der Waals surface area contributed by atoms with E-state index in [1.807, 2.05) is 12.2 Å². The van der Waals surface area contributed by atoms with E-state index in [4.69, 9.17) is 13.6 Å². The third-order valence-corrected chi connectivity index (χ3v) is 17.6. The molecule has 0 unspecified atom stereocenters. The first-order chi connectivity index (χ1) is 18.6. The number of hydrogen-bond donors (Lipinski definition) is 1. The predicted octanol–water partition coefficient (Wildman–Crippen LogP) is 10.0. The fraction of sp³-hybridized carbons (Fsp3) is 0.543. The first kappa shape index (κ1) is 35.2. The molecule has 0 saturated heterocycles. The van der Waals surface area contributed by atoms with Crippen LogP contribution in [0, 0.1) is 0 Å². The first-order valence-electron chi connectivity index (χ1n) is 14.8. The third kappa shape index (κ3) is 11.0. The molecule has 2 rings (SSSR count). The van der Waals surface area contributed by atoms with Crippen molar-refractivity contribution in [3.8, 4) is 5.75 Å². The Kier molecular flexibility index (Phi) is 11.6. The van der Waals surface area contributed by atoms with E-state index >= 15 is 0 Å². The minimum atomic E-state index is -1.92. The topological polar surface area (TPSA) is 47.9 Å². The van der Waals surface area contributed by atoms with Gasteiger partial charge in [0, 0.05) is 0 Å². The van der Waals surface area contributed by atoms with E-state index in [0.29, 0.717) is 19.8 Å². The van der Waals surface area contributed by atoms with Gasteiger partial charge in [-0.15, -0.1) is 0 Å². The molecular weight excluding hydrogens is 541 g/mol. The van der Waals surface area contributed by atoms with Crippen LogP contribution in [-0.2, 0) is 28.7 Å². The molecule has 0 bridgehead atoms. The summed E-state index contributed by atoms with van der Waals surface area (Å²) in [5, 5.41) is 10.2. The predicted molar refractivity (Wildman–Crippen MR) is 180 cm³/mol. The van der Waals surface area contributed by atoms with Crippen molar-refractivity contribution in [2.75, 3.05) is 0 Å². The lowest BCUT2D eigenvalue weighted by atomic mass is 10.0. The average Bonchev–Trinajstić information content (AvgIpc) is 2.83. The van der Waals surface area contributed by atoms with Crippen LogP contribution in [0.1, 0.15) is 84.6 Å². The highest BCUT2D eigenvalue weighted by Gasteiger charge is 2.38. The molecule has 41 heavy (non-hydrogen) atoms. The third-order valence-electron chi connectivity index (χ3n) is 8.61. The van der Waals surface area contributed by atoms with Gasteiger partial charge in [0.25, 0.3) is 0 Å². The van der Waals surface area contributed by atoms with Crippen molar-refractivity contribution in [3.05, 3.63) is 82.9 Å². The SMILES string of the molecule is C/C(=C\C=C\C(C)(C)O)c1cccc(COc2ccc(CO[Si](C)(C)C(C)(C)C)c(CO[Si](C)(C)C(C)(C)C)c2)c1. The Morgan fingerprint density at radius 3 is 1.85 bits per heavy atom. The Hall–Kier alpha value is -1.97. The molecule has 0 radical (unpaired) electrons. The van der Waals surface area contributed by atoms with Gasteiger partial charge in [0.2, 0.25) is 0 Å². The molecule has 2 aromatic rings. The molecule has 0 amide bonds. The fourth-order valence-electron chi connectivity index (χ4n) is 3.51. The molecule has 0 aliphatic rings. The molecule has 1 N–H and O–H groups in total. The fourth-order valence-corrected chi connectivity index (χ4v) is 5.41. The van der Waals surface area contributed by atoms with Gasteiger partial charge >= 0.3 is 0 Å². The molecule has 0 aliphatic heterocycles. The second kappa shape index (κ2) is 13.6. The van der Waals surface area contributed by atoms with E-state index in [0.717, 1.165) is 28.0 Å². The van der Waals surface area contributed by atoms with Gasteiger partial charge in [0.1, 0.15) is 12.4 Å². The van der Waals surface area contributed by atoms with Crippen LogP contribution < -0.4 is 4.74 Å². The normalized spacial score (nSPS) is 14.1. The second-order valence-corrected chi connectivity index (χ2v) is 24.5. The van der Waals surface area contributed by atoms with Gasteiger partial charge in [-0.1, -0.05) is 84.0 Å². The molecule has 228 valence electrons. The molecule has 4 nitrogen and oxygen atoms in total. The van der Waals surface area contributed by atoms with Crippen molar-refractivity contribution in [1.29, 1.82) is 0 Å². The van der Waals surface area contributed by atoms with Crippen LogP contribution in [-0.4, -0.2) is 27.3 Å². The van der Waals surface area contributed by atoms with Gasteiger partial charge in [-0.3, -0.25) is 0 Å². The van der Waals surface area contributed by atoms with Gasteiger partial charge in [0.05, 0.1) is 18.8 Å². The monoisotopic (exact) mass is 596 g/mol. The minimum Gasteiger partial charge on any atom is -0.489 e. The van der Waals surface area contributed by atoms with Crippen molar-refractivity contribution >= 4 is 22.2 Å². The summed E-state index contributed by atoms with van der Waals surface area (Å²) in [6.45, 7) is 30.1. The molecule has 0 saturated carbocycles. The lowest BCUT2D eigenvalue weighted by molar-refractivity contribution is 0.133. The van der Waals surface area contributed by atoms with Crippen LogP contribution in [0.3, 0.4) is 0 Å². The number of rotatable bonds is 12. The molecule has 0 spiro atoms. The number of hydrogen-bond acceptors (Lipinski definition) is 4. The zero-order valence-corrected chi connectivity index (χ0v) is 30.1. The van der Waals surface area contributed by atoms with Crippen molar-refractivity contribution < 1.29 is 18.7 Å². The maximum absolute atomic E-state index is 9.92. The first-order valence-corrected chi connectivity index (χ1v) is 20.6. The van der Waals surface area contributed by atoms with E-state index in [2.05, 4.69) is 117 Å². The Morgan fingerprint density at radius 2 is 1.32 bits per heavy atom. The van der Waals surface area contributed by atoms with E-state index in [1.54, 1.807) is 19.9 Å². The average molecular weight is 597 g/mol. The second-order valence-electron chi connectivity index (χ2n) is 14.9. The zero-order valence-electron chi connectivity index (χ0n) is 28.1. The van der Waals surface area contributed by atoms with Crippen LogP contribution in [0.25, 0.3) is 5.57 Å². The van der Waals surface area contributed by atoms with E-state index in [-0.39, 0.29) is 10.1 Å². The van der Waals surface area contributed by atoms with Crippen LogP contribution in [0.4, 0.5) is 0 Å². The summed E-state index contributed by atoms with van der Waals surface area (Å²) in [5.74, 6) is 0.834. The maximum atomic E-state index is 9.92. The summed E-state index contributed by atoms with van der Waals surface area (Å²) < 4.78 is 19.5. The number of ether oxygens (including phenoxy) is 1. The Morgan fingerprint density at radius 1 is 0.756 bits per heavy atom. The molecule has 2 aromatic carbocycles. The standard InChI is InChI=1S/C35H56O4Si2/c1-27(16-15-21-35(8,9)36)29-18-14-17-28(22-29)24-37-32-20-19-30(25-38-40(10,11)33(2,3)4)31(23-32)26-39-41(12,13)34(5,6)7/h14-23,36H,24-26H2,1-13H3/b21-15+,27-16+. The summed E-state index contributed by atoms with van der Waals surface area (Å²) in [6.07, 6.45) is 5.72. The lowest BCUT2D eigenvalue weighted by Crippen LogP contribution is -2.41. The molecular formula is C35H56O4Si2. The molecule has 6 heteroatoms. The van der Waals surface area contributed by atoms with Crippen molar-refractivity contribution in [3.63, 3.8) is 0 Å². The summed E-state index contributed by atoms with van der Waals surface area (Å²) in [7, 11) is -3.81. The van der Waals surface area contributed by atoms with Gasteiger partial charge < -0.3 is 18.7 Å². The van der Waals surface area contributed by atoms with Crippen LogP contribution in [0.15, 0.2) is 60.7 Å². The summed E-state index contributed by atoms with van der Waals surface area (Å²) >= 11 is 0. The number of benzene rings is 2. The van der Waals surface area contributed by atoms with Crippen LogP contribution in [0.5, 0.6) is 5.75 Å². The Balaban J connectivity index is 2.25. The highest BCUT2D eigenvalue weighted by molar-refractivity contribution is 6.74. The maximum Gasteiger partial charge on any atom is 0.192 e. The quantitative estimate of drug-likeness (QED) is 0.196. The minimum absolute atomic E-state index is 0.139. The van der Waals surface area contributed by atoms with Gasteiger partial charge in [-0.05, 0) is 103 Å². The van der Waals surface area contributed by atoms with Crippen molar-refractivity contribution in [1.82, 2.24) is 0 Å². The molecule has 0 heterocycles. The van der Waals surface area contributed by atoms with E-state index in [1.165, 1.54) is 5.56 Å². The molecule has 0 aliphatic carbocycles. The van der Waals surface area contributed by atoms with E-state index < -0.39 is 22.2 Å². The van der Waals surface area contributed by atoms with E-state index in [9.17, 15) is 5.11 Å². The van der Waals surface area contributed by atoms with Crippen molar-refractivity contribution in [2.45, 2.75) is 124 Å². The van der Waals surface area contributed by atoms with Crippen LogP contribution >= 0.6 is 0 Å². The molecule has 0 atom stereocenters. The largest absolute Gasteiger partial charge is 0.489 e. The van der Waals surface area contributed by atoms with Gasteiger partial charge in [0.15, 0.2) is 16.6 Å². The summed E-state index contributed by atoms with van der Waals surface area (Å²) in [6, 6.07) is 14.7. The molecule has 0 aromatic heterocycles. The summed E-state index contributed by atoms with van der Waals surface area (Å²) in [4.78, 5) is 0. The van der Waals surface area contributed by atoms with Gasteiger partial charge in [-0.2, -0.15) is 0 Å². The summed E-state index contributed by atoms with van der Waals surface area (Å²) in [5.41, 5.74) is 4.84. The highest BCUT2D eigenvalue weighted by atomic mass is 28.4. The molecule has 0 fully saturated rings. The van der Waals surface area contributed by atoms with Crippen LogP contribution in [0.2, 0.25) is 36.3 Å². The van der Waals surface area contributed by atoms with Crippen molar-refractivity contribution in [2.24, 2.45) is 0 Å². The lowest BCUT2D eigenvalue weighted by Gasteiger charge is -2.37. The highest BCUT2D eigenvalue weighted by Crippen LogP contribution is 2.39. The zero-order chi connectivity index (χ0) is 31.3. The number of allylic oxidation sites excluding steroid dienone is 3.